The molecule has 0 amide bonds. The van der Waals surface area contributed by atoms with Crippen molar-refractivity contribution in [3.05, 3.63) is 69.1 Å². The van der Waals surface area contributed by atoms with Crippen LogP contribution in [-0.2, 0) is 18.3 Å². The first-order chi connectivity index (χ1) is 11.5. The van der Waals surface area contributed by atoms with E-state index in [2.05, 4.69) is 4.98 Å². The van der Waals surface area contributed by atoms with E-state index in [0.29, 0.717) is 23.0 Å². The second-order valence-corrected chi connectivity index (χ2v) is 5.44. The van der Waals surface area contributed by atoms with Crippen molar-refractivity contribution in [2.75, 3.05) is 0 Å². The first kappa shape index (κ1) is 15.7. The normalized spacial score (nSPS) is 10.9. The van der Waals surface area contributed by atoms with Gasteiger partial charge in [0.25, 0.3) is 5.56 Å². The van der Waals surface area contributed by atoms with Gasteiger partial charge in [0.15, 0.2) is 0 Å². The molecule has 0 bridgehead atoms. The van der Waals surface area contributed by atoms with Crippen LogP contribution in [-0.4, -0.2) is 25.2 Å². The van der Waals surface area contributed by atoms with Crippen molar-refractivity contribution in [1.29, 1.82) is 0 Å². The van der Waals surface area contributed by atoms with Gasteiger partial charge in [-0.2, -0.15) is 0 Å². The Kier molecular flexibility index (Phi) is 3.99. The lowest BCUT2D eigenvalue weighted by Crippen LogP contribution is -2.37. The van der Waals surface area contributed by atoms with E-state index in [9.17, 15) is 14.4 Å². The minimum Gasteiger partial charge on any atom is -0.481 e. The molecule has 0 fully saturated rings. The van der Waals surface area contributed by atoms with Crippen LogP contribution in [0.4, 0.5) is 0 Å². The summed E-state index contributed by atoms with van der Waals surface area (Å²) in [5.41, 5.74) is 0.879. The predicted molar refractivity (Wildman–Crippen MR) is 88.5 cm³/mol. The van der Waals surface area contributed by atoms with Crippen LogP contribution in [0.1, 0.15) is 12.0 Å². The number of pyridine rings is 1. The third kappa shape index (κ3) is 2.71. The number of hydrogen-bond acceptors (Lipinski definition) is 4. The molecule has 0 unspecified atom stereocenters. The van der Waals surface area contributed by atoms with Crippen LogP contribution < -0.4 is 11.2 Å². The Morgan fingerprint density at radius 1 is 1.17 bits per heavy atom. The summed E-state index contributed by atoms with van der Waals surface area (Å²) in [5, 5.41) is 9.12. The van der Waals surface area contributed by atoms with Gasteiger partial charge >= 0.3 is 11.7 Å². The summed E-state index contributed by atoms with van der Waals surface area (Å²) < 4.78 is 2.48. The monoisotopic (exact) mass is 325 g/mol. The third-order valence-electron chi connectivity index (χ3n) is 3.90. The predicted octanol–water partition coefficient (Wildman–Crippen LogP) is 1.10. The van der Waals surface area contributed by atoms with Gasteiger partial charge in [0, 0.05) is 19.7 Å². The number of hydrogen-bond donors (Lipinski definition) is 1. The molecule has 0 atom stereocenters. The largest absolute Gasteiger partial charge is 0.481 e. The Morgan fingerprint density at radius 3 is 2.54 bits per heavy atom. The van der Waals surface area contributed by atoms with Gasteiger partial charge in [0.1, 0.15) is 0 Å². The van der Waals surface area contributed by atoms with Crippen molar-refractivity contribution in [3.63, 3.8) is 0 Å². The Morgan fingerprint density at radius 2 is 1.88 bits per heavy atom. The summed E-state index contributed by atoms with van der Waals surface area (Å²) in [4.78, 5) is 39.7. The minimum absolute atomic E-state index is 0.0318. The van der Waals surface area contributed by atoms with Gasteiger partial charge in [-0.25, -0.2) is 9.36 Å². The van der Waals surface area contributed by atoms with E-state index in [-0.39, 0.29) is 6.42 Å². The molecule has 7 heteroatoms. The van der Waals surface area contributed by atoms with Gasteiger partial charge in [-0.3, -0.25) is 19.1 Å². The molecule has 1 aromatic carbocycles. The highest BCUT2D eigenvalue weighted by Crippen LogP contribution is 2.10. The zero-order valence-electron chi connectivity index (χ0n) is 13.0. The minimum atomic E-state index is -0.868. The molecular formula is C17H15N3O4. The molecule has 0 aliphatic heterocycles. The van der Waals surface area contributed by atoms with Crippen LogP contribution in [0.3, 0.4) is 0 Å². The average Bonchev–Trinajstić information content (AvgIpc) is 2.59. The maximum atomic E-state index is 12.6. The average molecular weight is 325 g/mol. The van der Waals surface area contributed by atoms with E-state index in [1.807, 2.05) is 0 Å². The summed E-state index contributed by atoms with van der Waals surface area (Å²) in [6.07, 6.45) is 3.42. The molecule has 0 spiro atoms. The van der Waals surface area contributed by atoms with Gasteiger partial charge < -0.3 is 5.11 Å². The molecule has 7 nitrogen and oxygen atoms in total. The Balaban J connectivity index is 2.11. The summed E-state index contributed by atoms with van der Waals surface area (Å²) in [6.45, 7) is 0. The number of carbonyl (C=O) groups is 1. The van der Waals surface area contributed by atoms with Gasteiger partial charge in [0.05, 0.1) is 22.8 Å². The standard InChI is InChI=1S/C17H15N3O4/c1-19-14-10-18-9-8-13(14)16(23)20(17(19)24)12-5-2-11(3-6-12)4-7-15(21)22/h2-3,5-6,8-10H,4,7H2,1H3,(H,21,22). The molecule has 0 saturated carbocycles. The van der Waals surface area contributed by atoms with Gasteiger partial charge in [-0.05, 0) is 30.2 Å². The number of benzene rings is 1. The molecule has 0 saturated heterocycles. The number of nitrogens with zero attached hydrogens (tertiary/aromatic N) is 3. The molecule has 0 aliphatic rings. The Labute approximate surface area is 136 Å². The van der Waals surface area contributed by atoms with Crippen LogP contribution in [0, 0.1) is 0 Å². The molecule has 122 valence electrons. The van der Waals surface area contributed by atoms with Crippen LogP contribution in [0.25, 0.3) is 16.6 Å². The fraction of sp³-hybridized carbons (Fsp3) is 0.176. The summed E-state index contributed by atoms with van der Waals surface area (Å²) in [6, 6.07) is 8.32. The van der Waals surface area contributed by atoms with Crippen molar-refractivity contribution in [1.82, 2.24) is 14.1 Å². The summed E-state index contributed by atoms with van der Waals surface area (Å²) in [7, 11) is 1.59. The van der Waals surface area contributed by atoms with Crippen molar-refractivity contribution in [3.8, 4) is 5.69 Å². The SMILES string of the molecule is Cn1c(=O)n(-c2ccc(CCC(=O)O)cc2)c(=O)c2ccncc21. The van der Waals surface area contributed by atoms with Crippen molar-refractivity contribution in [2.45, 2.75) is 12.8 Å². The topological polar surface area (TPSA) is 94.2 Å². The number of aryl methyl sites for hydroxylation is 2. The van der Waals surface area contributed by atoms with Crippen molar-refractivity contribution in [2.24, 2.45) is 7.05 Å². The maximum absolute atomic E-state index is 12.6. The highest BCUT2D eigenvalue weighted by Gasteiger charge is 2.12. The highest BCUT2D eigenvalue weighted by atomic mass is 16.4. The Hall–Kier alpha value is -3.22. The zero-order chi connectivity index (χ0) is 17.3. The van der Waals surface area contributed by atoms with Gasteiger partial charge in [-0.1, -0.05) is 12.1 Å². The fourth-order valence-electron chi connectivity index (χ4n) is 2.59. The second kappa shape index (κ2) is 6.11. The van der Waals surface area contributed by atoms with Crippen molar-refractivity contribution >= 4 is 16.9 Å². The first-order valence-electron chi connectivity index (χ1n) is 7.36. The molecule has 1 N–H and O–H groups in total. The third-order valence-corrected chi connectivity index (χ3v) is 3.90. The second-order valence-electron chi connectivity index (χ2n) is 5.44. The fourth-order valence-corrected chi connectivity index (χ4v) is 2.59. The number of rotatable bonds is 4. The van der Waals surface area contributed by atoms with E-state index < -0.39 is 17.2 Å². The molecule has 2 heterocycles. The molecule has 3 aromatic rings. The lowest BCUT2D eigenvalue weighted by atomic mass is 10.1. The number of aliphatic carboxylic acids is 1. The van der Waals surface area contributed by atoms with Crippen LogP contribution >= 0.6 is 0 Å². The smallest absolute Gasteiger partial charge is 0.335 e. The zero-order valence-corrected chi connectivity index (χ0v) is 13.0. The van der Waals surface area contributed by atoms with E-state index in [1.165, 1.54) is 17.0 Å². The van der Waals surface area contributed by atoms with Gasteiger partial charge in [0.2, 0.25) is 0 Å². The van der Waals surface area contributed by atoms with E-state index in [4.69, 9.17) is 5.11 Å². The summed E-state index contributed by atoms with van der Waals surface area (Å²) in [5.74, 6) is -0.868. The highest BCUT2D eigenvalue weighted by molar-refractivity contribution is 5.77. The molecule has 0 radical (unpaired) electrons. The number of aromatic nitrogens is 3. The van der Waals surface area contributed by atoms with Crippen LogP contribution in [0.5, 0.6) is 0 Å². The Bertz CT molecular complexity index is 1030. The van der Waals surface area contributed by atoms with E-state index in [1.54, 1.807) is 37.4 Å². The lowest BCUT2D eigenvalue weighted by Gasteiger charge is -2.10. The molecule has 2 aromatic heterocycles. The molecule has 0 aliphatic carbocycles. The van der Waals surface area contributed by atoms with Gasteiger partial charge in [-0.15, -0.1) is 0 Å². The van der Waals surface area contributed by atoms with E-state index in [0.717, 1.165) is 10.1 Å². The molecule has 24 heavy (non-hydrogen) atoms. The number of carboxylic acid groups (broad SMARTS) is 1. The number of carboxylic acids is 1. The van der Waals surface area contributed by atoms with Crippen LogP contribution in [0.15, 0.2) is 52.3 Å². The number of fused-ring (bicyclic) bond motifs is 1. The molecular weight excluding hydrogens is 310 g/mol. The maximum Gasteiger partial charge on any atom is 0.335 e. The lowest BCUT2D eigenvalue weighted by molar-refractivity contribution is -0.136. The van der Waals surface area contributed by atoms with Crippen LogP contribution in [0.2, 0.25) is 0 Å². The van der Waals surface area contributed by atoms with Crippen molar-refractivity contribution < 1.29 is 9.90 Å². The molecule has 3 rings (SSSR count). The summed E-state index contributed by atoms with van der Waals surface area (Å²) >= 11 is 0. The quantitative estimate of drug-likeness (QED) is 0.775. The van der Waals surface area contributed by atoms with E-state index >= 15 is 0 Å². The first-order valence-corrected chi connectivity index (χ1v) is 7.36.